The Kier molecular flexibility index (Phi) is 4.88. The first kappa shape index (κ1) is 23.3. The molecule has 2 aliphatic rings. The van der Waals surface area contributed by atoms with Crippen LogP contribution in [0.4, 0.5) is 0 Å². The van der Waals surface area contributed by atoms with Gasteiger partial charge in [0, 0.05) is 10.9 Å². The van der Waals surface area contributed by atoms with Crippen molar-refractivity contribution in [2.45, 2.75) is 5.41 Å². The third-order valence-corrected chi connectivity index (χ3v) is 9.15. The fourth-order valence-corrected chi connectivity index (χ4v) is 7.46. The molecule has 0 bridgehead atoms. The van der Waals surface area contributed by atoms with Gasteiger partial charge in [0.15, 0.2) is 0 Å². The number of ether oxygens (including phenoxy) is 1. The lowest BCUT2D eigenvalue weighted by Crippen LogP contribution is -2.28. The number of fused-ring (bicyclic) bond motifs is 5. The first-order valence-electron chi connectivity index (χ1n) is 14.5. The number of hydrogen-bond donors (Lipinski definition) is 0. The van der Waals surface area contributed by atoms with Gasteiger partial charge in [0.25, 0.3) is 0 Å². The molecule has 1 aliphatic carbocycles. The van der Waals surface area contributed by atoms with Crippen molar-refractivity contribution >= 4 is 10.8 Å². The topological polar surface area (TPSA) is 9.23 Å². The molecule has 7 aromatic carbocycles. The molecule has 0 fully saturated rings. The van der Waals surface area contributed by atoms with Gasteiger partial charge in [-0.1, -0.05) is 140 Å². The van der Waals surface area contributed by atoms with Gasteiger partial charge in [-0.2, -0.15) is 0 Å². The minimum absolute atomic E-state index is 0.428. The molecular weight excluding hydrogens is 508 g/mol. The summed E-state index contributed by atoms with van der Waals surface area (Å²) in [6.45, 7) is 0. The van der Waals surface area contributed by atoms with Gasteiger partial charge >= 0.3 is 0 Å². The average Bonchev–Trinajstić information content (AvgIpc) is 3.36. The van der Waals surface area contributed by atoms with E-state index in [2.05, 4.69) is 158 Å². The largest absolute Gasteiger partial charge is 0.456 e. The molecule has 7 aromatic rings. The van der Waals surface area contributed by atoms with Crippen LogP contribution in [0.1, 0.15) is 22.3 Å². The molecule has 0 aromatic heterocycles. The molecule has 0 saturated heterocycles. The third-order valence-electron chi connectivity index (χ3n) is 9.15. The Balaban J connectivity index is 1.35. The molecule has 9 rings (SSSR count). The van der Waals surface area contributed by atoms with Crippen LogP contribution in [-0.2, 0) is 5.41 Å². The summed E-state index contributed by atoms with van der Waals surface area (Å²) in [5, 5.41) is 2.37. The standard InChI is InChI=1S/C41H26O/c1-3-14-29(15-4-1)41(30-16-5-2-6-17-30)35-21-8-7-18-32(35)33-25-24-28(26-36(33)41)31-19-11-23-38-40(31)34-20-9-12-27-13-10-22-37(42-38)39(27)34/h1-26H. The predicted molar refractivity (Wildman–Crippen MR) is 172 cm³/mol. The van der Waals surface area contributed by atoms with Crippen molar-refractivity contribution in [3.63, 3.8) is 0 Å². The summed E-state index contributed by atoms with van der Waals surface area (Å²) in [4.78, 5) is 0. The zero-order valence-corrected chi connectivity index (χ0v) is 22.9. The van der Waals surface area contributed by atoms with Gasteiger partial charge in [-0.05, 0) is 73.7 Å². The van der Waals surface area contributed by atoms with Crippen LogP contribution >= 0.6 is 0 Å². The Hall–Kier alpha value is -5.40. The molecule has 0 unspecified atom stereocenters. The van der Waals surface area contributed by atoms with E-state index in [-0.39, 0.29) is 0 Å². The lowest BCUT2D eigenvalue weighted by molar-refractivity contribution is 0.487. The highest BCUT2D eigenvalue weighted by Crippen LogP contribution is 2.57. The lowest BCUT2D eigenvalue weighted by atomic mass is 9.67. The van der Waals surface area contributed by atoms with E-state index in [1.165, 1.54) is 60.8 Å². The second-order valence-electron chi connectivity index (χ2n) is 11.2. The van der Waals surface area contributed by atoms with Crippen molar-refractivity contribution in [1.82, 2.24) is 0 Å². The Morgan fingerprint density at radius 2 is 1.00 bits per heavy atom. The molecule has 0 radical (unpaired) electrons. The number of rotatable bonds is 3. The second kappa shape index (κ2) is 8.80. The van der Waals surface area contributed by atoms with Crippen molar-refractivity contribution in [1.29, 1.82) is 0 Å². The Morgan fingerprint density at radius 1 is 0.405 bits per heavy atom. The van der Waals surface area contributed by atoms with Gasteiger partial charge in [-0.3, -0.25) is 0 Å². The van der Waals surface area contributed by atoms with E-state index in [1.807, 2.05) is 0 Å². The number of hydrogen-bond acceptors (Lipinski definition) is 1. The Morgan fingerprint density at radius 3 is 1.79 bits per heavy atom. The quantitative estimate of drug-likeness (QED) is 0.219. The van der Waals surface area contributed by atoms with Crippen LogP contribution < -0.4 is 4.74 Å². The van der Waals surface area contributed by atoms with E-state index >= 15 is 0 Å². The van der Waals surface area contributed by atoms with E-state index in [9.17, 15) is 0 Å². The normalized spacial score (nSPS) is 13.6. The molecule has 1 heterocycles. The summed E-state index contributed by atoms with van der Waals surface area (Å²) < 4.78 is 6.53. The van der Waals surface area contributed by atoms with Crippen molar-refractivity contribution in [2.75, 3.05) is 0 Å². The van der Waals surface area contributed by atoms with Gasteiger partial charge in [0.1, 0.15) is 11.5 Å². The lowest BCUT2D eigenvalue weighted by Gasteiger charge is -2.34. The van der Waals surface area contributed by atoms with Crippen LogP contribution in [0.15, 0.2) is 158 Å². The predicted octanol–water partition coefficient (Wildman–Crippen LogP) is 10.6. The highest BCUT2D eigenvalue weighted by atomic mass is 16.5. The minimum atomic E-state index is -0.428. The zero-order chi connectivity index (χ0) is 27.7. The zero-order valence-electron chi connectivity index (χ0n) is 22.9. The molecule has 0 N–H and O–H groups in total. The second-order valence-corrected chi connectivity index (χ2v) is 11.2. The molecule has 0 spiro atoms. The van der Waals surface area contributed by atoms with Gasteiger partial charge in [-0.25, -0.2) is 0 Å². The first-order valence-corrected chi connectivity index (χ1v) is 14.5. The van der Waals surface area contributed by atoms with Gasteiger partial charge in [0.05, 0.1) is 5.41 Å². The van der Waals surface area contributed by atoms with Crippen LogP contribution in [0, 0.1) is 0 Å². The molecule has 0 atom stereocenters. The summed E-state index contributed by atoms with van der Waals surface area (Å²) in [5.41, 5.74) is 12.1. The molecule has 1 nitrogen and oxygen atoms in total. The van der Waals surface area contributed by atoms with Crippen molar-refractivity contribution < 1.29 is 4.74 Å². The maximum atomic E-state index is 6.53. The maximum Gasteiger partial charge on any atom is 0.135 e. The van der Waals surface area contributed by atoms with E-state index < -0.39 is 5.41 Å². The summed E-state index contributed by atoms with van der Waals surface area (Å²) in [6, 6.07) is 57.3. The van der Waals surface area contributed by atoms with Crippen molar-refractivity contribution in [3.05, 3.63) is 180 Å². The highest BCUT2D eigenvalue weighted by Gasteiger charge is 2.46. The van der Waals surface area contributed by atoms with Crippen LogP contribution in [0.3, 0.4) is 0 Å². The fraction of sp³-hybridized carbons (Fsp3) is 0.0244. The molecular formula is C41H26O. The SMILES string of the molecule is c1ccc(C2(c3ccccc3)c3ccccc3-c3ccc(-c4cccc5c4-c4cccc6cccc(c46)O5)cc32)cc1. The van der Waals surface area contributed by atoms with Crippen LogP contribution in [0.2, 0.25) is 0 Å². The summed E-state index contributed by atoms with van der Waals surface area (Å²) in [6.07, 6.45) is 0. The average molecular weight is 535 g/mol. The van der Waals surface area contributed by atoms with Crippen molar-refractivity contribution in [3.8, 4) is 44.9 Å². The number of benzene rings is 7. The van der Waals surface area contributed by atoms with E-state index in [1.54, 1.807) is 0 Å². The van der Waals surface area contributed by atoms with E-state index in [0.717, 1.165) is 17.1 Å². The first-order chi connectivity index (χ1) is 20.8. The van der Waals surface area contributed by atoms with E-state index in [0.29, 0.717) is 0 Å². The molecule has 0 saturated carbocycles. The fourth-order valence-electron chi connectivity index (χ4n) is 7.46. The van der Waals surface area contributed by atoms with Crippen LogP contribution in [0.25, 0.3) is 44.2 Å². The molecule has 1 heteroatoms. The molecule has 196 valence electrons. The summed E-state index contributed by atoms with van der Waals surface area (Å²) >= 11 is 0. The molecule has 1 aliphatic heterocycles. The summed E-state index contributed by atoms with van der Waals surface area (Å²) in [5.74, 6) is 1.82. The van der Waals surface area contributed by atoms with Gasteiger partial charge in [-0.15, -0.1) is 0 Å². The molecule has 0 amide bonds. The van der Waals surface area contributed by atoms with Gasteiger partial charge in [0.2, 0.25) is 0 Å². The Labute approximate surface area is 245 Å². The summed E-state index contributed by atoms with van der Waals surface area (Å²) in [7, 11) is 0. The van der Waals surface area contributed by atoms with Crippen molar-refractivity contribution in [2.24, 2.45) is 0 Å². The van der Waals surface area contributed by atoms with Gasteiger partial charge < -0.3 is 4.74 Å². The van der Waals surface area contributed by atoms with Crippen LogP contribution in [0.5, 0.6) is 11.5 Å². The monoisotopic (exact) mass is 534 g/mol. The van der Waals surface area contributed by atoms with E-state index in [4.69, 9.17) is 4.74 Å². The van der Waals surface area contributed by atoms with Crippen LogP contribution in [-0.4, -0.2) is 0 Å². The molecule has 42 heavy (non-hydrogen) atoms. The highest BCUT2D eigenvalue weighted by molar-refractivity contribution is 6.07. The third kappa shape index (κ3) is 3.08. The minimum Gasteiger partial charge on any atom is -0.456 e. The smallest absolute Gasteiger partial charge is 0.135 e. The maximum absolute atomic E-state index is 6.53. The Bertz CT molecular complexity index is 2110.